The summed E-state index contributed by atoms with van der Waals surface area (Å²) in [7, 11) is 0. The lowest BCUT2D eigenvalue weighted by Gasteiger charge is -2.37. The number of hydrogen-bond donors (Lipinski definition) is 2. The molecule has 1 aliphatic rings. The fourth-order valence-corrected chi connectivity index (χ4v) is 2.38. The average molecular weight is 263 g/mol. The number of β-amino-alcohol motifs (C(OH)–C–C–N with tert-alkyl or cyclic N) is 1. The second-order valence-corrected chi connectivity index (χ2v) is 5.29. The topological polar surface area (TPSA) is 58.6 Å². The minimum absolute atomic E-state index is 0.0504. The van der Waals surface area contributed by atoms with Crippen molar-refractivity contribution in [2.75, 3.05) is 19.7 Å². The Morgan fingerprint density at radius 3 is 2.63 bits per heavy atom. The Bertz CT molecular complexity index is 492. The summed E-state index contributed by atoms with van der Waals surface area (Å²) in [5.74, 6) is 0.703. The van der Waals surface area contributed by atoms with Gasteiger partial charge in [0, 0.05) is 18.7 Å². The van der Waals surface area contributed by atoms with Crippen molar-refractivity contribution < 1.29 is 14.6 Å². The zero-order chi connectivity index (χ0) is 14.0. The van der Waals surface area contributed by atoms with Gasteiger partial charge in [0.15, 0.2) is 5.78 Å². The Kier molecular flexibility index (Phi) is 3.92. The molecule has 19 heavy (non-hydrogen) atoms. The van der Waals surface area contributed by atoms with Gasteiger partial charge in [-0.3, -0.25) is 4.79 Å². The maximum absolute atomic E-state index is 11.7. The molecule has 0 radical (unpaired) electrons. The highest BCUT2D eigenvalue weighted by molar-refractivity contribution is 5.96. The van der Waals surface area contributed by atoms with E-state index in [0.717, 1.165) is 23.1 Å². The van der Waals surface area contributed by atoms with E-state index in [1.807, 2.05) is 19.9 Å². The first-order chi connectivity index (χ1) is 8.95. The molecule has 0 spiro atoms. The highest BCUT2D eigenvalue weighted by atomic mass is 16.5. The fraction of sp³-hybridized carbons (Fsp3) is 0.533. The third-order valence-electron chi connectivity index (χ3n) is 3.59. The monoisotopic (exact) mass is 263 g/mol. The molecule has 2 rings (SSSR count). The zero-order valence-corrected chi connectivity index (χ0v) is 11.7. The molecule has 1 aromatic carbocycles. The number of carbonyl (C=O) groups is 1. The predicted molar refractivity (Wildman–Crippen MR) is 73.9 cm³/mol. The zero-order valence-electron chi connectivity index (χ0n) is 11.7. The van der Waals surface area contributed by atoms with Crippen molar-refractivity contribution >= 4 is 5.78 Å². The van der Waals surface area contributed by atoms with Crippen LogP contribution < -0.4 is 10.1 Å². The molecule has 2 N–H and O–H groups in total. The Balaban J connectivity index is 2.19. The second kappa shape index (κ2) is 5.31. The van der Waals surface area contributed by atoms with Crippen LogP contribution in [-0.2, 0) is 6.42 Å². The van der Waals surface area contributed by atoms with Crippen molar-refractivity contribution in [3.63, 3.8) is 0 Å². The summed E-state index contributed by atoms with van der Waals surface area (Å²) in [6.07, 6.45) is 0.828. The van der Waals surface area contributed by atoms with Crippen LogP contribution in [0.1, 0.15) is 35.3 Å². The van der Waals surface area contributed by atoms with Gasteiger partial charge in [0.05, 0.1) is 0 Å². The summed E-state index contributed by atoms with van der Waals surface area (Å²) >= 11 is 0. The van der Waals surface area contributed by atoms with Crippen LogP contribution in [0.15, 0.2) is 12.1 Å². The van der Waals surface area contributed by atoms with E-state index < -0.39 is 5.60 Å². The molecule has 0 bridgehead atoms. The van der Waals surface area contributed by atoms with Crippen LogP contribution in [0.4, 0.5) is 0 Å². The van der Waals surface area contributed by atoms with Gasteiger partial charge in [-0.2, -0.15) is 0 Å². The molecule has 4 nitrogen and oxygen atoms in total. The fourth-order valence-electron chi connectivity index (χ4n) is 2.38. The summed E-state index contributed by atoms with van der Waals surface area (Å²) in [4.78, 5) is 11.7. The van der Waals surface area contributed by atoms with E-state index in [4.69, 9.17) is 4.74 Å². The van der Waals surface area contributed by atoms with Gasteiger partial charge >= 0.3 is 0 Å². The average Bonchev–Trinajstić information content (AvgIpc) is 2.33. The Labute approximate surface area is 113 Å². The number of ketones is 1. The highest BCUT2D eigenvalue weighted by Crippen LogP contribution is 2.24. The molecule has 104 valence electrons. The lowest BCUT2D eigenvalue weighted by atomic mass is 9.96. The maximum Gasteiger partial charge on any atom is 0.160 e. The van der Waals surface area contributed by atoms with Crippen molar-refractivity contribution in [1.82, 2.24) is 5.32 Å². The molecule has 0 amide bonds. The number of rotatable bonds is 5. The van der Waals surface area contributed by atoms with E-state index in [-0.39, 0.29) is 12.4 Å². The Morgan fingerprint density at radius 2 is 2.16 bits per heavy atom. The van der Waals surface area contributed by atoms with E-state index in [1.54, 1.807) is 13.0 Å². The van der Waals surface area contributed by atoms with Crippen molar-refractivity contribution in [3.8, 4) is 5.75 Å². The number of carbonyl (C=O) groups excluding carboxylic acids is 1. The van der Waals surface area contributed by atoms with E-state index in [1.165, 1.54) is 0 Å². The molecule has 1 aliphatic heterocycles. The van der Waals surface area contributed by atoms with Gasteiger partial charge in [-0.05, 0) is 43.5 Å². The lowest BCUT2D eigenvalue weighted by molar-refractivity contribution is -0.0456. The number of aliphatic hydroxyl groups is 1. The predicted octanol–water partition coefficient (Wildman–Crippen LogP) is 1.47. The third kappa shape index (κ3) is 2.96. The number of benzene rings is 1. The molecule has 0 unspecified atom stereocenters. The summed E-state index contributed by atoms with van der Waals surface area (Å²) in [5.41, 5.74) is 2.08. The van der Waals surface area contributed by atoms with Crippen LogP contribution in [0.25, 0.3) is 0 Å². The molecule has 1 fully saturated rings. The summed E-state index contributed by atoms with van der Waals surface area (Å²) in [6, 6.07) is 3.71. The molecular weight excluding hydrogens is 242 g/mol. The van der Waals surface area contributed by atoms with Gasteiger partial charge in [-0.1, -0.05) is 6.92 Å². The third-order valence-corrected chi connectivity index (χ3v) is 3.59. The molecule has 4 heteroatoms. The first kappa shape index (κ1) is 14.0. The molecule has 0 aliphatic carbocycles. The van der Waals surface area contributed by atoms with Crippen LogP contribution in [0, 0.1) is 6.92 Å². The van der Waals surface area contributed by atoms with Crippen LogP contribution in [0.5, 0.6) is 5.75 Å². The highest BCUT2D eigenvalue weighted by Gasteiger charge is 2.35. The summed E-state index contributed by atoms with van der Waals surface area (Å²) < 4.78 is 5.64. The van der Waals surface area contributed by atoms with E-state index >= 15 is 0 Å². The largest absolute Gasteiger partial charge is 0.490 e. The number of ether oxygens (including phenoxy) is 1. The first-order valence-corrected chi connectivity index (χ1v) is 6.65. The van der Waals surface area contributed by atoms with Crippen LogP contribution in [-0.4, -0.2) is 36.2 Å². The second-order valence-electron chi connectivity index (χ2n) is 5.29. The Morgan fingerprint density at radius 1 is 1.47 bits per heavy atom. The molecule has 1 heterocycles. The summed E-state index contributed by atoms with van der Waals surface area (Å²) in [5, 5.41) is 13.0. The van der Waals surface area contributed by atoms with Crippen LogP contribution >= 0.6 is 0 Å². The maximum atomic E-state index is 11.7. The van der Waals surface area contributed by atoms with Crippen molar-refractivity contribution in [1.29, 1.82) is 0 Å². The van der Waals surface area contributed by atoms with Crippen molar-refractivity contribution in [2.45, 2.75) is 32.8 Å². The minimum atomic E-state index is -0.770. The first-order valence-electron chi connectivity index (χ1n) is 6.65. The molecule has 1 aromatic rings. The van der Waals surface area contributed by atoms with Gasteiger partial charge in [-0.25, -0.2) is 0 Å². The standard InChI is InChI=1S/C15H21NO3/c1-4-13-10(2)5-12(6-14(13)11(3)17)19-9-15(18)7-16-8-15/h5-6,16,18H,4,7-9H2,1-3H3. The van der Waals surface area contributed by atoms with Gasteiger partial charge in [0.25, 0.3) is 0 Å². The lowest BCUT2D eigenvalue weighted by Crippen LogP contribution is -2.62. The molecule has 0 aromatic heterocycles. The van der Waals surface area contributed by atoms with Crippen LogP contribution in [0.3, 0.4) is 0 Å². The number of aryl methyl sites for hydroxylation is 1. The van der Waals surface area contributed by atoms with Crippen LogP contribution in [0.2, 0.25) is 0 Å². The molecule has 1 saturated heterocycles. The molecule has 0 atom stereocenters. The van der Waals surface area contributed by atoms with Gasteiger partial charge < -0.3 is 15.2 Å². The molecule has 0 saturated carbocycles. The normalized spacial score (nSPS) is 16.8. The van der Waals surface area contributed by atoms with Crippen molar-refractivity contribution in [2.24, 2.45) is 0 Å². The number of hydrogen-bond acceptors (Lipinski definition) is 4. The minimum Gasteiger partial charge on any atom is -0.490 e. The quantitative estimate of drug-likeness (QED) is 0.790. The van der Waals surface area contributed by atoms with Crippen molar-refractivity contribution in [3.05, 3.63) is 28.8 Å². The van der Waals surface area contributed by atoms with Gasteiger partial charge in [-0.15, -0.1) is 0 Å². The number of nitrogens with one attached hydrogen (secondary N) is 1. The smallest absolute Gasteiger partial charge is 0.160 e. The SMILES string of the molecule is CCc1c(C)cc(OCC2(O)CNC2)cc1C(C)=O. The van der Waals surface area contributed by atoms with E-state index in [0.29, 0.717) is 18.8 Å². The van der Waals surface area contributed by atoms with E-state index in [2.05, 4.69) is 5.32 Å². The van der Waals surface area contributed by atoms with Gasteiger partial charge in [0.2, 0.25) is 0 Å². The van der Waals surface area contributed by atoms with E-state index in [9.17, 15) is 9.90 Å². The summed E-state index contributed by atoms with van der Waals surface area (Å²) in [6.45, 7) is 6.95. The molecular formula is C15H21NO3. The number of Topliss-reactive ketones (excluding diaryl/α,β-unsaturated/α-hetero) is 1. The Hall–Kier alpha value is -1.39. The van der Waals surface area contributed by atoms with Gasteiger partial charge in [0.1, 0.15) is 18.0 Å².